The molecule has 2 aromatic heterocycles. The third kappa shape index (κ3) is 4.53. The Bertz CT molecular complexity index is 1500. The molecule has 0 saturated carbocycles. The van der Waals surface area contributed by atoms with E-state index in [1.807, 2.05) is 48.7 Å². The summed E-state index contributed by atoms with van der Waals surface area (Å²) in [6.07, 6.45) is 0. The van der Waals surface area contributed by atoms with E-state index in [1.165, 1.54) is 15.9 Å². The molecule has 0 N–H and O–H groups in total. The first-order chi connectivity index (χ1) is 16.3. The number of hydrogen-bond acceptors (Lipinski definition) is 8. The lowest BCUT2D eigenvalue weighted by Gasteiger charge is -2.15. The Morgan fingerprint density at radius 1 is 1.15 bits per heavy atom. The van der Waals surface area contributed by atoms with Crippen molar-refractivity contribution in [3.8, 4) is 17.1 Å². The maximum atomic E-state index is 13.8. The normalized spacial score (nSPS) is 11.1. The molecule has 10 heteroatoms. The topological polar surface area (TPSA) is 75.4 Å². The van der Waals surface area contributed by atoms with Crippen molar-refractivity contribution in [1.29, 1.82) is 0 Å². The molecule has 0 saturated heterocycles. The zero-order valence-corrected chi connectivity index (χ0v) is 21.6. The second-order valence-corrected chi connectivity index (χ2v) is 10.0. The van der Waals surface area contributed by atoms with Crippen molar-refractivity contribution in [2.45, 2.75) is 25.9 Å². The van der Waals surface area contributed by atoms with Crippen LogP contribution >= 0.6 is 35.3 Å². The molecule has 0 radical (unpaired) electrons. The minimum atomic E-state index is -0.385. The Balaban J connectivity index is 1.99. The van der Waals surface area contributed by atoms with Crippen LogP contribution in [-0.4, -0.2) is 39.6 Å². The molecule has 0 unspecified atom stereocenters. The lowest BCUT2D eigenvalue weighted by atomic mass is 10.1. The van der Waals surface area contributed by atoms with Gasteiger partial charge in [-0.25, -0.2) is 4.98 Å². The fourth-order valence-corrected chi connectivity index (χ4v) is 5.58. The van der Waals surface area contributed by atoms with Crippen molar-refractivity contribution in [2.24, 2.45) is 0 Å². The molecule has 0 atom stereocenters. The summed E-state index contributed by atoms with van der Waals surface area (Å²) in [5.74, 6) is 0.140. The van der Waals surface area contributed by atoms with Crippen LogP contribution in [0.3, 0.4) is 0 Å². The summed E-state index contributed by atoms with van der Waals surface area (Å²) in [6.45, 7) is 6.10. The molecule has 2 aromatic carbocycles. The average molecular weight is 514 g/mol. The van der Waals surface area contributed by atoms with Gasteiger partial charge in [0.05, 0.1) is 25.2 Å². The maximum Gasteiger partial charge on any atom is 0.316 e. The second-order valence-electron chi connectivity index (χ2n) is 7.43. The summed E-state index contributed by atoms with van der Waals surface area (Å²) in [5.41, 5.74) is 3.82. The second kappa shape index (κ2) is 10.1. The largest absolute Gasteiger partial charge is 0.495 e. The lowest BCUT2D eigenvalue weighted by Crippen LogP contribution is -2.22. The number of thioether (sulfide) groups is 1. The van der Waals surface area contributed by atoms with Gasteiger partial charge in [-0.15, -0.1) is 0 Å². The number of aryl methyl sites for hydroxylation is 2. The van der Waals surface area contributed by atoms with E-state index in [2.05, 4.69) is 0 Å². The summed E-state index contributed by atoms with van der Waals surface area (Å²) >= 11 is 8.00. The number of ether oxygens (including phenoxy) is 2. The molecule has 0 aliphatic carbocycles. The van der Waals surface area contributed by atoms with Crippen LogP contribution in [-0.2, 0) is 9.53 Å². The molecule has 2 heterocycles. The van der Waals surface area contributed by atoms with E-state index in [0.29, 0.717) is 30.9 Å². The highest BCUT2D eigenvalue weighted by atomic mass is 32.2. The van der Waals surface area contributed by atoms with Crippen LogP contribution in [0.2, 0.25) is 0 Å². The van der Waals surface area contributed by atoms with Crippen molar-refractivity contribution in [3.05, 3.63) is 67.9 Å². The molecule has 34 heavy (non-hydrogen) atoms. The molecular weight excluding hydrogens is 490 g/mol. The van der Waals surface area contributed by atoms with Crippen molar-refractivity contribution in [1.82, 2.24) is 14.1 Å². The van der Waals surface area contributed by atoms with Crippen molar-refractivity contribution >= 4 is 51.6 Å². The number of rotatable bonds is 7. The van der Waals surface area contributed by atoms with Crippen LogP contribution in [0.4, 0.5) is 0 Å². The highest BCUT2D eigenvalue weighted by Gasteiger charge is 2.21. The number of para-hydroxylation sites is 2. The van der Waals surface area contributed by atoms with Gasteiger partial charge in [0, 0.05) is 5.69 Å². The van der Waals surface area contributed by atoms with Crippen LogP contribution in [0.25, 0.3) is 21.7 Å². The van der Waals surface area contributed by atoms with Crippen molar-refractivity contribution < 1.29 is 14.3 Å². The third-order valence-electron chi connectivity index (χ3n) is 5.28. The van der Waals surface area contributed by atoms with Gasteiger partial charge in [0.15, 0.2) is 14.8 Å². The quantitative estimate of drug-likeness (QED) is 0.145. The van der Waals surface area contributed by atoms with Crippen molar-refractivity contribution in [3.63, 3.8) is 0 Å². The molecule has 0 spiro atoms. The van der Waals surface area contributed by atoms with E-state index >= 15 is 0 Å². The summed E-state index contributed by atoms with van der Waals surface area (Å²) in [5, 5.41) is 0.348. The molecular formula is C24H23N3O4S3. The maximum absolute atomic E-state index is 13.8. The Morgan fingerprint density at radius 3 is 2.62 bits per heavy atom. The van der Waals surface area contributed by atoms with E-state index in [1.54, 1.807) is 26.2 Å². The van der Waals surface area contributed by atoms with Gasteiger partial charge < -0.3 is 9.47 Å². The van der Waals surface area contributed by atoms with E-state index in [-0.39, 0.29) is 23.9 Å². The van der Waals surface area contributed by atoms with Crippen LogP contribution in [0.1, 0.15) is 18.1 Å². The molecule has 4 aromatic rings. The average Bonchev–Trinajstić information content (AvgIpc) is 3.16. The molecule has 176 valence electrons. The predicted octanol–water partition coefficient (Wildman–Crippen LogP) is 5.25. The van der Waals surface area contributed by atoms with E-state index < -0.39 is 0 Å². The number of aromatic nitrogens is 3. The third-order valence-corrected chi connectivity index (χ3v) is 7.54. The number of esters is 1. The first kappa shape index (κ1) is 24.2. The summed E-state index contributed by atoms with van der Waals surface area (Å²) < 4.78 is 14.8. The number of benzene rings is 2. The summed E-state index contributed by atoms with van der Waals surface area (Å²) in [7, 11) is 1.54. The molecule has 0 aliphatic rings. The fraction of sp³-hybridized carbons (Fsp3) is 0.250. The fourth-order valence-electron chi connectivity index (χ4n) is 3.48. The Kier molecular flexibility index (Phi) is 7.20. The highest BCUT2D eigenvalue weighted by Crippen LogP contribution is 2.30. The van der Waals surface area contributed by atoms with Gasteiger partial charge in [0.2, 0.25) is 0 Å². The summed E-state index contributed by atoms with van der Waals surface area (Å²) in [4.78, 5) is 30.7. The number of carbonyl (C=O) groups is 1. The van der Waals surface area contributed by atoms with Gasteiger partial charge in [-0.3, -0.25) is 18.7 Å². The van der Waals surface area contributed by atoms with Gasteiger partial charge in [0.25, 0.3) is 5.56 Å². The predicted molar refractivity (Wildman–Crippen MR) is 139 cm³/mol. The van der Waals surface area contributed by atoms with E-state index in [9.17, 15) is 9.59 Å². The Hall–Kier alpha value is -2.95. The van der Waals surface area contributed by atoms with Crippen LogP contribution in [0.15, 0.2) is 52.4 Å². The smallest absolute Gasteiger partial charge is 0.316 e. The van der Waals surface area contributed by atoms with Crippen LogP contribution in [0.5, 0.6) is 5.75 Å². The number of thiazole rings is 1. The zero-order chi connectivity index (χ0) is 24.4. The van der Waals surface area contributed by atoms with Gasteiger partial charge in [0.1, 0.15) is 10.4 Å². The lowest BCUT2D eigenvalue weighted by molar-refractivity contribution is -0.139. The molecule has 0 amide bonds. The van der Waals surface area contributed by atoms with E-state index in [4.69, 9.17) is 26.7 Å². The zero-order valence-electron chi connectivity index (χ0n) is 19.2. The number of carbonyl (C=O) groups excluding carboxylic acids is 1. The standard InChI is InChI=1S/C24H23N3O4S3/c1-5-31-19(28)13-33-23-25-21-20(22(29)27(23)17-8-6-7-9-18(17)30-4)34-24(32)26(21)16-11-10-14(2)15(3)12-16/h6-12H,5,13H2,1-4H3. The van der Waals surface area contributed by atoms with E-state index in [0.717, 1.165) is 28.6 Å². The monoisotopic (exact) mass is 513 g/mol. The first-order valence-corrected chi connectivity index (χ1v) is 12.7. The van der Waals surface area contributed by atoms with Crippen LogP contribution in [0, 0.1) is 17.8 Å². The molecule has 7 nitrogen and oxygen atoms in total. The SMILES string of the molecule is CCOC(=O)CSc1nc2c(sc(=S)n2-c2ccc(C)c(C)c2)c(=O)n1-c1ccccc1OC. The number of fused-ring (bicyclic) bond motifs is 1. The first-order valence-electron chi connectivity index (χ1n) is 10.5. The van der Waals surface area contributed by atoms with Crippen molar-refractivity contribution in [2.75, 3.05) is 19.5 Å². The number of nitrogens with zero attached hydrogens (tertiary/aromatic N) is 3. The molecule has 0 bridgehead atoms. The van der Waals surface area contributed by atoms with Gasteiger partial charge in [-0.2, -0.15) is 0 Å². The van der Waals surface area contributed by atoms with Gasteiger partial charge in [-0.05, 0) is 68.4 Å². The van der Waals surface area contributed by atoms with Gasteiger partial charge >= 0.3 is 5.97 Å². The highest BCUT2D eigenvalue weighted by molar-refractivity contribution is 7.99. The summed E-state index contributed by atoms with van der Waals surface area (Å²) in [6, 6.07) is 13.2. The van der Waals surface area contributed by atoms with Crippen LogP contribution < -0.4 is 10.3 Å². The Morgan fingerprint density at radius 2 is 1.91 bits per heavy atom. The Labute approximate surface area is 210 Å². The molecule has 0 aliphatic heterocycles. The molecule has 0 fully saturated rings. The number of hydrogen-bond donors (Lipinski definition) is 0. The minimum Gasteiger partial charge on any atom is -0.495 e. The van der Waals surface area contributed by atoms with Gasteiger partial charge in [-0.1, -0.05) is 41.3 Å². The number of methoxy groups -OCH3 is 1. The minimum absolute atomic E-state index is 0.00937. The molecule has 4 rings (SSSR count).